The summed E-state index contributed by atoms with van der Waals surface area (Å²) in [5.41, 5.74) is 7.47. The third-order valence-corrected chi connectivity index (χ3v) is 4.71. The molecule has 2 N–H and O–H groups in total. The highest BCUT2D eigenvalue weighted by molar-refractivity contribution is 5.84. The van der Waals surface area contributed by atoms with E-state index in [4.69, 9.17) is 15.1 Å². The number of rotatable bonds is 6. The Morgan fingerprint density at radius 3 is 2.90 bits per heavy atom. The van der Waals surface area contributed by atoms with Crippen LogP contribution < -0.4 is 5.73 Å². The van der Waals surface area contributed by atoms with Gasteiger partial charge in [-0.25, -0.2) is 15.0 Å². The van der Waals surface area contributed by atoms with Crippen molar-refractivity contribution in [1.82, 2.24) is 24.4 Å². The smallest absolute Gasteiger partial charge is 0.199 e. The number of nitrogens with zero attached hydrogens (tertiary/aromatic N) is 5. The van der Waals surface area contributed by atoms with E-state index >= 15 is 0 Å². The molecule has 0 aromatic carbocycles. The fourth-order valence-corrected chi connectivity index (χ4v) is 3.15. The van der Waals surface area contributed by atoms with Crippen LogP contribution in [0.3, 0.4) is 0 Å². The van der Waals surface area contributed by atoms with Crippen LogP contribution in [0.25, 0.3) is 22.7 Å². The molecule has 0 amide bonds. The van der Waals surface area contributed by atoms with Crippen LogP contribution in [0.5, 0.6) is 0 Å². The predicted molar refractivity (Wildman–Crippen MR) is 114 cm³/mol. The van der Waals surface area contributed by atoms with E-state index in [2.05, 4.69) is 52.0 Å². The molecule has 1 aliphatic heterocycles. The second kappa shape index (κ2) is 8.65. The number of nitrogens with two attached hydrogens (primary N) is 1. The number of allylic oxidation sites excluding steroid dienone is 2. The summed E-state index contributed by atoms with van der Waals surface area (Å²) in [5.74, 6) is 8.46. The average Bonchev–Trinajstić information content (AvgIpc) is 3.39. The van der Waals surface area contributed by atoms with Gasteiger partial charge in [0.2, 0.25) is 0 Å². The number of aromatic nitrogens is 4. The molecule has 148 valence electrons. The van der Waals surface area contributed by atoms with E-state index in [1.807, 2.05) is 16.7 Å². The Kier molecular flexibility index (Phi) is 5.61. The van der Waals surface area contributed by atoms with Gasteiger partial charge in [0.15, 0.2) is 34.4 Å². The molecule has 7 nitrogen and oxygen atoms in total. The van der Waals surface area contributed by atoms with Crippen LogP contribution in [0.2, 0.25) is 0 Å². The second-order valence-corrected chi connectivity index (χ2v) is 6.84. The summed E-state index contributed by atoms with van der Waals surface area (Å²) in [6.07, 6.45) is 12.9. The van der Waals surface area contributed by atoms with E-state index in [0.29, 0.717) is 40.9 Å². The lowest BCUT2D eigenvalue weighted by Gasteiger charge is -2.20. The molecule has 0 spiro atoms. The van der Waals surface area contributed by atoms with Gasteiger partial charge in [-0.2, -0.15) is 0 Å². The van der Waals surface area contributed by atoms with Gasteiger partial charge in [0.25, 0.3) is 0 Å². The first-order chi connectivity index (χ1) is 14.3. The molecule has 7 heteroatoms. The van der Waals surface area contributed by atoms with Crippen molar-refractivity contribution in [1.29, 1.82) is 0 Å². The van der Waals surface area contributed by atoms with Gasteiger partial charge in [-0.05, 0) is 36.7 Å². The SMILES string of the molecule is CCCCC#Cc1nc2c(N)nc(-c3ccco3)nc2n1CCN1C=CC=CC1. The molecule has 4 heterocycles. The van der Waals surface area contributed by atoms with E-state index in [9.17, 15) is 0 Å². The lowest BCUT2D eigenvalue weighted by molar-refractivity contribution is 0.388. The Bertz CT molecular complexity index is 1100. The quantitative estimate of drug-likeness (QED) is 0.513. The number of furan rings is 1. The van der Waals surface area contributed by atoms with Crippen molar-refractivity contribution >= 4 is 17.0 Å². The summed E-state index contributed by atoms with van der Waals surface area (Å²) in [5, 5.41) is 0. The molecule has 0 bridgehead atoms. The number of nitrogen functional groups attached to an aromatic ring is 1. The van der Waals surface area contributed by atoms with Crippen molar-refractivity contribution in [3.8, 4) is 23.4 Å². The molecule has 0 saturated heterocycles. The van der Waals surface area contributed by atoms with Gasteiger partial charge in [0, 0.05) is 26.1 Å². The van der Waals surface area contributed by atoms with Crippen LogP contribution in [-0.2, 0) is 6.54 Å². The minimum absolute atomic E-state index is 0.331. The number of fused-ring (bicyclic) bond motifs is 1. The number of imidazole rings is 1. The van der Waals surface area contributed by atoms with Gasteiger partial charge >= 0.3 is 0 Å². The van der Waals surface area contributed by atoms with E-state index in [0.717, 1.165) is 32.4 Å². The number of hydrogen-bond acceptors (Lipinski definition) is 6. The Hall–Kier alpha value is -3.53. The Labute approximate surface area is 170 Å². The maximum Gasteiger partial charge on any atom is 0.199 e. The molecule has 3 aromatic rings. The van der Waals surface area contributed by atoms with Crippen molar-refractivity contribution in [2.24, 2.45) is 0 Å². The van der Waals surface area contributed by atoms with Gasteiger partial charge in [-0.3, -0.25) is 4.57 Å². The maximum atomic E-state index is 6.21. The van der Waals surface area contributed by atoms with Crippen molar-refractivity contribution < 1.29 is 4.42 Å². The molecule has 0 fully saturated rings. The molecular formula is C22H24N6O. The van der Waals surface area contributed by atoms with Crippen molar-refractivity contribution in [2.75, 3.05) is 18.8 Å². The molecule has 0 unspecified atom stereocenters. The first kappa shape index (κ1) is 18.8. The van der Waals surface area contributed by atoms with Gasteiger partial charge in [0.05, 0.1) is 6.26 Å². The zero-order chi connectivity index (χ0) is 20.1. The first-order valence-corrected chi connectivity index (χ1v) is 9.90. The van der Waals surface area contributed by atoms with E-state index in [-0.39, 0.29) is 0 Å². The molecule has 29 heavy (non-hydrogen) atoms. The van der Waals surface area contributed by atoms with Gasteiger partial charge in [-0.1, -0.05) is 31.4 Å². The molecule has 0 saturated carbocycles. The summed E-state index contributed by atoms with van der Waals surface area (Å²) in [6.45, 7) is 4.55. The number of anilines is 1. The fraction of sp³-hybridized carbons (Fsp3) is 0.318. The van der Waals surface area contributed by atoms with Crippen LogP contribution in [0.15, 0.2) is 47.2 Å². The molecule has 4 rings (SSSR count). The summed E-state index contributed by atoms with van der Waals surface area (Å²) >= 11 is 0. The highest BCUT2D eigenvalue weighted by Crippen LogP contribution is 2.24. The highest BCUT2D eigenvalue weighted by Gasteiger charge is 2.18. The molecular weight excluding hydrogens is 364 g/mol. The zero-order valence-electron chi connectivity index (χ0n) is 16.5. The third-order valence-electron chi connectivity index (χ3n) is 4.71. The molecule has 0 atom stereocenters. The molecule has 3 aromatic heterocycles. The van der Waals surface area contributed by atoms with Gasteiger partial charge in [0.1, 0.15) is 0 Å². The van der Waals surface area contributed by atoms with E-state index in [1.54, 1.807) is 12.3 Å². The average molecular weight is 388 g/mol. The molecule has 0 radical (unpaired) electrons. The largest absolute Gasteiger partial charge is 0.461 e. The van der Waals surface area contributed by atoms with Crippen LogP contribution in [0, 0.1) is 11.8 Å². The summed E-state index contributed by atoms with van der Waals surface area (Å²) < 4.78 is 7.49. The lowest BCUT2D eigenvalue weighted by Crippen LogP contribution is -2.24. The topological polar surface area (TPSA) is 86.0 Å². The summed E-state index contributed by atoms with van der Waals surface area (Å²) in [4.78, 5) is 16.0. The van der Waals surface area contributed by atoms with Crippen LogP contribution in [0.1, 0.15) is 32.0 Å². The number of hydrogen-bond donors (Lipinski definition) is 1. The van der Waals surface area contributed by atoms with Crippen molar-refractivity contribution in [3.05, 3.63) is 48.6 Å². The van der Waals surface area contributed by atoms with E-state index < -0.39 is 0 Å². The normalized spacial score (nSPS) is 13.1. The van der Waals surface area contributed by atoms with Crippen LogP contribution >= 0.6 is 0 Å². The maximum absolute atomic E-state index is 6.21. The van der Waals surface area contributed by atoms with Gasteiger partial charge < -0.3 is 15.1 Å². The molecule has 1 aliphatic rings. The van der Waals surface area contributed by atoms with Crippen molar-refractivity contribution in [3.63, 3.8) is 0 Å². The van der Waals surface area contributed by atoms with Crippen molar-refractivity contribution in [2.45, 2.75) is 32.7 Å². The number of unbranched alkanes of at least 4 members (excludes halogenated alkanes) is 2. The predicted octanol–water partition coefficient (Wildman–Crippen LogP) is 3.60. The van der Waals surface area contributed by atoms with Crippen LogP contribution in [0.4, 0.5) is 5.82 Å². The lowest BCUT2D eigenvalue weighted by atomic mass is 10.2. The fourth-order valence-electron chi connectivity index (χ4n) is 3.15. The first-order valence-electron chi connectivity index (χ1n) is 9.90. The Morgan fingerprint density at radius 1 is 1.21 bits per heavy atom. The minimum Gasteiger partial charge on any atom is -0.461 e. The Morgan fingerprint density at radius 2 is 2.14 bits per heavy atom. The zero-order valence-corrected chi connectivity index (χ0v) is 16.5. The monoisotopic (exact) mass is 388 g/mol. The minimum atomic E-state index is 0.331. The highest BCUT2D eigenvalue weighted by atomic mass is 16.3. The second-order valence-electron chi connectivity index (χ2n) is 6.84. The standard InChI is InChI=1S/C22H24N6O/c1-2-3-4-6-11-18-24-19-20(23)25-21(17-10-9-16-29-17)26-22(19)28(18)15-14-27-12-7-5-8-13-27/h5,7-10,12,16H,2-4,13-15H2,1H3,(H2,23,25,26). The van der Waals surface area contributed by atoms with Gasteiger partial charge in [-0.15, -0.1) is 0 Å². The van der Waals surface area contributed by atoms with E-state index in [1.165, 1.54) is 0 Å². The summed E-state index contributed by atoms with van der Waals surface area (Å²) in [6, 6.07) is 3.62. The third kappa shape index (κ3) is 4.16. The Balaban J connectivity index is 1.73. The molecule has 0 aliphatic carbocycles. The summed E-state index contributed by atoms with van der Waals surface area (Å²) in [7, 11) is 0. The van der Waals surface area contributed by atoms with Crippen LogP contribution in [-0.4, -0.2) is 37.5 Å².